The monoisotopic (exact) mass is 314 g/mol. The van der Waals surface area contributed by atoms with Gasteiger partial charge in [-0.1, -0.05) is 0 Å². The molecular formula is C15H26N2O5. The standard InChI is InChI=1S/C15H26N2O5/c1-15(2,3)22-14(20)16-11(13(19)17(4)21-5)9-10-7-6-8-12(10)18/h10-11H,6-9H2,1-5H3,(H,16,20)/t10-,11-/m0/s1. The molecule has 1 fully saturated rings. The van der Waals surface area contributed by atoms with Crippen LogP contribution >= 0.6 is 0 Å². The predicted molar refractivity (Wildman–Crippen MR) is 79.9 cm³/mol. The number of hydrogen-bond donors (Lipinski definition) is 1. The largest absolute Gasteiger partial charge is 0.444 e. The summed E-state index contributed by atoms with van der Waals surface area (Å²) in [6, 6.07) is -0.841. The SMILES string of the molecule is CON(C)C(=O)[C@H](C[C@@H]1CCCC1=O)NC(=O)OC(C)(C)C. The van der Waals surface area contributed by atoms with Crippen LogP contribution in [0.2, 0.25) is 0 Å². The van der Waals surface area contributed by atoms with Gasteiger partial charge in [-0.05, 0) is 40.0 Å². The van der Waals surface area contributed by atoms with Gasteiger partial charge in [0.1, 0.15) is 17.4 Å². The summed E-state index contributed by atoms with van der Waals surface area (Å²) in [6.45, 7) is 5.22. The number of carbonyl (C=O) groups is 3. The van der Waals surface area contributed by atoms with Crippen LogP contribution in [0.15, 0.2) is 0 Å². The Morgan fingerprint density at radius 2 is 2.05 bits per heavy atom. The Morgan fingerprint density at radius 1 is 1.41 bits per heavy atom. The number of carbonyl (C=O) groups excluding carboxylic acids is 3. The van der Waals surface area contributed by atoms with E-state index in [0.717, 1.165) is 17.9 Å². The van der Waals surface area contributed by atoms with Crippen molar-refractivity contribution in [3.8, 4) is 0 Å². The van der Waals surface area contributed by atoms with Crippen LogP contribution in [-0.4, -0.2) is 48.6 Å². The third kappa shape index (κ3) is 5.63. The molecule has 1 rings (SSSR count). The maximum Gasteiger partial charge on any atom is 0.408 e. The Morgan fingerprint density at radius 3 is 2.50 bits per heavy atom. The van der Waals surface area contributed by atoms with E-state index >= 15 is 0 Å². The van der Waals surface area contributed by atoms with Crippen molar-refractivity contribution >= 4 is 17.8 Å². The number of nitrogens with zero attached hydrogens (tertiary/aromatic N) is 1. The fourth-order valence-electron chi connectivity index (χ4n) is 2.40. The maximum atomic E-state index is 12.3. The molecule has 0 aromatic rings. The number of amides is 2. The molecule has 7 nitrogen and oxygen atoms in total. The second-order valence-electron chi connectivity index (χ2n) is 6.51. The van der Waals surface area contributed by atoms with E-state index in [1.807, 2.05) is 0 Å². The summed E-state index contributed by atoms with van der Waals surface area (Å²) in [5.41, 5.74) is -0.659. The van der Waals surface area contributed by atoms with Crippen molar-refractivity contribution in [2.75, 3.05) is 14.2 Å². The number of hydrogen-bond acceptors (Lipinski definition) is 5. The Balaban J connectivity index is 2.75. The van der Waals surface area contributed by atoms with Crippen LogP contribution in [0, 0.1) is 5.92 Å². The average molecular weight is 314 g/mol. The first-order chi connectivity index (χ1) is 10.1. The molecule has 0 bridgehead atoms. The van der Waals surface area contributed by atoms with Crippen LogP contribution in [0.1, 0.15) is 46.5 Å². The zero-order chi connectivity index (χ0) is 16.9. The molecule has 0 spiro atoms. The van der Waals surface area contributed by atoms with Gasteiger partial charge in [-0.15, -0.1) is 0 Å². The van der Waals surface area contributed by atoms with E-state index in [0.29, 0.717) is 6.42 Å². The molecule has 1 aliphatic rings. The molecule has 0 saturated heterocycles. The molecule has 22 heavy (non-hydrogen) atoms. The summed E-state index contributed by atoms with van der Waals surface area (Å²) in [7, 11) is 2.83. The fourth-order valence-corrected chi connectivity index (χ4v) is 2.40. The smallest absolute Gasteiger partial charge is 0.408 e. The van der Waals surface area contributed by atoms with E-state index in [1.165, 1.54) is 14.2 Å². The fraction of sp³-hybridized carbons (Fsp3) is 0.800. The van der Waals surface area contributed by atoms with Crippen LogP contribution in [-0.2, 0) is 19.2 Å². The third-order valence-electron chi connectivity index (χ3n) is 3.52. The van der Waals surface area contributed by atoms with Crippen LogP contribution < -0.4 is 5.32 Å². The zero-order valence-electron chi connectivity index (χ0n) is 14.0. The summed E-state index contributed by atoms with van der Waals surface area (Å²) >= 11 is 0. The highest BCUT2D eigenvalue weighted by Crippen LogP contribution is 2.26. The quantitative estimate of drug-likeness (QED) is 0.780. The molecule has 7 heteroatoms. The Bertz CT molecular complexity index is 430. The van der Waals surface area contributed by atoms with Gasteiger partial charge >= 0.3 is 6.09 Å². The van der Waals surface area contributed by atoms with E-state index in [1.54, 1.807) is 20.8 Å². The number of ketones is 1. The van der Waals surface area contributed by atoms with Gasteiger partial charge in [0.2, 0.25) is 0 Å². The molecule has 0 aromatic heterocycles. The Labute approximate surface area is 131 Å². The summed E-state index contributed by atoms with van der Waals surface area (Å²) in [4.78, 5) is 40.9. The summed E-state index contributed by atoms with van der Waals surface area (Å²) in [5, 5.41) is 3.59. The Hall–Kier alpha value is -1.63. The van der Waals surface area contributed by atoms with Crippen molar-refractivity contribution in [3.63, 3.8) is 0 Å². The first-order valence-electron chi connectivity index (χ1n) is 7.48. The van der Waals surface area contributed by atoms with Crippen molar-refractivity contribution in [1.29, 1.82) is 0 Å². The lowest BCUT2D eigenvalue weighted by Gasteiger charge is -2.26. The minimum absolute atomic E-state index is 0.142. The van der Waals surface area contributed by atoms with E-state index < -0.39 is 23.6 Å². The molecule has 0 heterocycles. The van der Waals surface area contributed by atoms with Gasteiger partial charge < -0.3 is 10.1 Å². The molecule has 2 amide bonds. The van der Waals surface area contributed by atoms with Crippen LogP contribution in [0.5, 0.6) is 0 Å². The molecular weight excluding hydrogens is 288 g/mol. The molecule has 1 saturated carbocycles. The summed E-state index contributed by atoms with van der Waals surface area (Å²) in [5.74, 6) is -0.467. The summed E-state index contributed by atoms with van der Waals surface area (Å²) < 4.78 is 5.18. The van der Waals surface area contributed by atoms with Crippen molar-refractivity contribution in [2.24, 2.45) is 5.92 Å². The lowest BCUT2D eigenvalue weighted by molar-refractivity contribution is -0.171. The molecule has 0 unspecified atom stereocenters. The minimum Gasteiger partial charge on any atom is -0.444 e. The third-order valence-corrected chi connectivity index (χ3v) is 3.52. The Kier molecular flexibility index (Phi) is 6.34. The number of nitrogens with one attached hydrogen (secondary N) is 1. The van der Waals surface area contributed by atoms with Crippen molar-refractivity contribution < 1.29 is 24.0 Å². The van der Waals surface area contributed by atoms with Gasteiger partial charge in [-0.3, -0.25) is 14.4 Å². The number of likely N-dealkylation sites (N-methyl/N-ethyl adjacent to an activating group) is 1. The second kappa shape index (κ2) is 7.58. The van der Waals surface area contributed by atoms with Gasteiger partial charge in [0, 0.05) is 19.4 Å². The highest BCUT2D eigenvalue weighted by molar-refractivity contribution is 5.87. The van der Waals surface area contributed by atoms with Crippen LogP contribution in [0.25, 0.3) is 0 Å². The van der Waals surface area contributed by atoms with E-state index in [2.05, 4.69) is 5.32 Å². The number of rotatable bonds is 5. The molecule has 1 N–H and O–H groups in total. The lowest BCUT2D eigenvalue weighted by Crippen LogP contribution is -2.49. The second-order valence-corrected chi connectivity index (χ2v) is 6.51. The molecule has 0 aromatic carbocycles. The number of alkyl carbamates (subject to hydrolysis) is 1. The van der Waals surface area contributed by atoms with E-state index in [-0.39, 0.29) is 18.1 Å². The van der Waals surface area contributed by atoms with Crippen LogP contribution in [0.4, 0.5) is 4.79 Å². The molecule has 126 valence electrons. The lowest BCUT2D eigenvalue weighted by atomic mass is 9.97. The molecule has 1 aliphatic carbocycles. The highest BCUT2D eigenvalue weighted by Gasteiger charge is 2.33. The molecule has 2 atom stereocenters. The summed E-state index contributed by atoms with van der Waals surface area (Å²) in [6.07, 6.45) is 1.70. The number of Topliss-reactive ketones (excluding diaryl/α,β-unsaturated/α-hetero) is 1. The molecule has 0 aliphatic heterocycles. The normalized spacial score (nSPS) is 19.7. The van der Waals surface area contributed by atoms with Gasteiger partial charge in [-0.2, -0.15) is 0 Å². The van der Waals surface area contributed by atoms with Crippen molar-refractivity contribution in [3.05, 3.63) is 0 Å². The average Bonchev–Trinajstić information content (AvgIpc) is 2.79. The first kappa shape index (κ1) is 18.4. The molecule has 0 radical (unpaired) electrons. The van der Waals surface area contributed by atoms with Crippen molar-refractivity contribution in [2.45, 2.75) is 58.1 Å². The number of hydroxylamine groups is 2. The van der Waals surface area contributed by atoms with Gasteiger partial charge in [-0.25, -0.2) is 9.86 Å². The van der Waals surface area contributed by atoms with E-state index in [9.17, 15) is 14.4 Å². The topological polar surface area (TPSA) is 84.9 Å². The van der Waals surface area contributed by atoms with Crippen LogP contribution in [0.3, 0.4) is 0 Å². The predicted octanol–water partition coefficient (Wildman–Crippen LogP) is 1.66. The number of ether oxygens (including phenoxy) is 1. The highest BCUT2D eigenvalue weighted by atomic mass is 16.7. The first-order valence-corrected chi connectivity index (χ1v) is 7.48. The van der Waals surface area contributed by atoms with Gasteiger partial charge in [0.05, 0.1) is 7.11 Å². The maximum absolute atomic E-state index is 12.3. The van der Waals surface area contributed by atoms with Gasteiger partial charge in [0.25, 0.3) is 5.91 Å². The van der Waals surface area contributed by atoms with E-state index in [4.69, 9.17) is 9.57 Å². The zero-order valence-corrected chi connectivity index (χ0v) is 14.0. The van der Waals surface area contributed by atoms with Gasteiger partial charge in [0.15, 0.2) is 0 Å². The minimum atomic E-state index is -0.841. The van der Waals surface area contributed by atoms with Crippen molar-refractivity contribution in [1.82, 2.24) is 10.4 Å².